The molecule has 5 nitrogen and oxygen atoms in total. The van der Waals surface area contributed by atoms with Gasteiger partial charge in [0.15, 0.2) is 6.29 Å². The summed E-state index contributed by atoms with van der Waals surface area (Å²) in [6.45, 7) is 5.02. The number of carbonyl (C=O) groups excluding carboxylic acids is 1. The third-order valence-electron chi connectivity index (χ3n) is 5.89. The molecule has 1 aliphatic heterocycles. The summed E-state index contributed by atoms with van der Waals surface area (Å²) >= 11 is 0. The quantitative estimate of drug-likeness (QED) is 0.568. The molecule has 5 heteroatoms. The lowest BCUT2D eigenvalue weighted by Crippen LogP contribution is -2.30. The lowest BCUT2D eigenvalue weighted by atomic mass is 10.0. The number of ether oxygens (including phenoxy) is 3. The van der Waals surface area contributed by atoms with Crippen LogP contribution < -0.4 is 0 Å². The van der Waals surface area contributed by atoms with Gasteiger partial charge in [0.05, 0.1) is 18.3 Å². The van der Waals surface area contributed by atoms with E-state index in [0.717, 1.165) is 30.4 Å². The van der Waals surface area contributed by atoms with Crippen LogP contribution in [-0.4, -0.2) is 42.8 Å². The molecule has 1 aliphatic carbocycles. The Labute approximate surface area is 177 Å². The molecular weight excluding hydrogens is 380 g/mol. The summed E-state index contributed by atoms with van der Waals surface area (Å²) in [5, 5.41) is 10.2. The molecule has 30 heavy (non-hydrogen) atoms. The minimum Gasteiger partial charge on any atom is -0.458 e. The Morgan fingerprint density at radius 2 is 1.80 bits per heavy atom. The Morgan fingerprint density at radius 3 is 2.50 bits per heavy atom. The topological polar surface area (TPSA) is 65.0 Å². The van der Waals surface area contributed by atoms with E-state index in [1.807, 2.05) is 42.5 Å². The van der Waals surface area contributed by atoms with Gasteiger partial charge in [0.1, 0.15) is 6.10 Å². The normalized spacial score (nSPS) is 26.5. The number of rotatable bonds is 6. The van der Waals surface area contributed by atoms with Gasteiger partial charge in [-0.25, -0.2) is 4.79 Å². The third-order valence-corrected chi connectivity index (χ3v) is 5.89. The van der Waals surface area contributed by atoms with Crippen LogP contribution >= 0.6 is 0 Å². The summed E-state index contributed by atoms with van der Waals surface area (Å²) < 4.78 is 17.2. The first kappa shape index (κ1) is 20.8. The summed E-state index contributed by atoms with van der Waals surface area (Å²) in [7, 11) is 0. The zero-order valence-corrected chi connectivity index (χ0v) is 17.0. The van der Waals surface area contributed by atoms with Crippen molar-refractivity contribution in [3.63, 3.8) is 0 Å². The number of hydrogen-bond acceptors (Lipinski definition) is 5. The van der Waals surface area contributed by atoms with Crippen molar-refractivity contribution >= 4 is 5.97 Å². The molecule has 158 valence electrons. The van der Waals surface area contributed by atoms with Gasteiger partial charge in [0, 0.05) is 18.9 Å². The largest absolute Gasteiger partial charge is 0.458 e. The summed E-state index contributed by atoms with van der Waals surface area (Å²) in [5.41, 5.74) is 3.27. The molecular formula is C25H28O5. The number of carbonyl (C=O) groups is 1. The van der Waals surface area contributed by atoms with Crippen LogP contribution in [0.2, 0.25) is 0 Å². The molecule has 1 heterocycles. The maximum Gasteiger partial charge on any atom is 0.338 e. The van der Waals surface area contributed by atoms with E-state index >= 15 is 0 Å². The smallest absolute Gasteiger partial charge is 0.338 e. The van der Waals surface area contributed by atoms with Gasteiger partial charge in [-0.05, 0) is 48.1 Å². The van der Waals surface area contributed by atoms with Crippen LogP contribution in [0.4, 0.5) is 0 Å². The molecule has 2 aromatic carbocycles. The van der Waals surface area contributed by atoms with Crippen LogP contribution in [0.1, 0.15) is 36.0 Å². The second-order valence-electron chi connectivity index (χ2n) is 7.95. The molecule has 2 fully saturated rings. The van der Waals surface area contributed by atoms with E-state index in [1.165, 1.54) is 0 Å². The van der Waals surface area contributed by atoms with Gasteiger partial charge in [0.2, 0.25) is 0 Å². The average Bonchev–Trinajstić information content (AvgIpc) is 3.06. The van der Waals surface area contributed by atoms with Crippen molar-refractivity contribution in [2.75, 3.05) is 13.2 Å². The molecule has 0 amide bonds. The average molecular weight is 408 g/mol. The predicted octanol–water partition coefficient (Wildman–Crippen LogP) is 4.36. The highest BCUT2D eigenvalue weighted by molar-refractivity contribution is 5.90. The molecule has 2 aromatic rings. The maximum atomic E-state index is 12.7. The van der Waals surface area contributed by atoms with E-state index in [-0.39, 0.29) is 12.2 Å². The minimum absolute atomic E-state index is 0.230. The van der Waals surface area contributed by atoms with Gasteiger partial charge in [-0.2, -0.15) is 0 Å². The van der Waals surface area contributed by atoms with Gasteiger partial charge >= 0.3 is 5.97 Å². The van der Waals surface area contributed by atoms with E-state index in [0.29, 0.717) is 30.8 Å². The highest BCUT2D eigenvalue weighted by Gasteiger charge is 2.40. The van der Waals surface area contributed by atoms with E-state index < -0.39 is 18.2 Å². The lowest BCUT2D eigenvalue weighted by molar-refractivity contribution is -0.170. The Morgan fingerprint density at radius 1 is 1.07 bits per heavy atom. The monoisotopic (exact) mass is 408 g/mol. The first-order valence-electron chi connectivity index (χ1n) is 10.6. The van der Waals surface area contributed by atoms with Gasteiger partial charge in [-0.3, -0.25) is 0 Å². The summed E-state index contributed by atoms with van der Waals surface area (Å²) in [4.78, 5) is 12.7. The zero-order valence-electron chi connectivity index (χ0n) is 17.0. The number of aliphatic hydroxyl groups is 1. The summed E-state index contributed by atoms with van der Waals surface area (Å²) in [5.74, 6) is -0.640. The van der Waals surface area contributed by atoms with E-state index in [1.54, 1.807) is 12.1 Å². The fraction of sp³-hybridized carbons (Fsp3) is 0.400. The van der Waals surface area contributed by atoms with Crippen molar-refractivity contribution in [3.05, 3.63) is 72.3 Å². The van der Waals surface area contributed by atoms with Crippen LogP contribution in [0.3, 0.4) is 0 Å². The lowest BCUT2D eigenvalue weighted by Gasteiger charge is -2.26. The van der Waals surface area contributed by atoms with Gasteiger partial charge < -0.3 is 19.3 Å². The van der Waals surface area contributed by atoms with Crippen molar-refractivity contribution < 1.29 is 24.1 Å². The van der Waals surface area contributed by atoms with Crippen molar-refractivity contribution in [1.29, 1.82) is 0 Å². The molecule has 0 radical (unpaired) electrons. The molecule has 2 aliphatic rings. The Bertz CT molecular complexity index is 855. The molecule has 4 atom stereocenters. The Balaban J connectivity index is 1.38. The van der Waals surface area contributed by atoms with Crippen LogP contribution in [0.5, 0.6) is 0 Å². The molecule has 0 bridgehead atoms. The van der Waals surface area contributed by atoms with E-state index in [9.17, 15) is 9.90 Å². The number of esters is 1. The molecule has 1 N–H and O–H groups in total. The Kier molecular flexibility index (Phi) is 6.62. The molecule has 4 rings (SSSR count). The van der Waals surface area contributed by atoms with E-state index in [4.69, 9.17) is 14.2 Å². The molecule has 1 saturated carbocycles. The fourth-order valence-electron chi connectivity index (χ4n) is 4.05. The maximum absolute atomic E-state index is 12.7. The Hall–Kier alpha value is -2.47. The van der Waals surface area contributed by atoms with Crippen LogP contribution in [0.25, 0.3) is 11.1 Å². The van der Waals surface area contributed by atoms with Crippen LogP contribution in [-0.2, 0) is 14.2 Å². The van der Waals surface area contributed by atoms with Gasteiger partial charge in [-0.1, -0.05) is 49.0 Å². The number of benzene rings is 2. The molecule has 0 aromatic heterocycles. The molecule has 1 unspecified atom stereocenters. The van der Waals surface area contributed by atoms with Crippen LogP contribution in [0.15, 0.2) is 66.7 Å². The van der Waals surface area contributed by atoms with Crippen molar-refractivity contribution in [2.24, 2.45) is 5.92 Å². The number of hydrogen-bond donors (Lipinski definition) is 1. The second kappa shape index (κ2) is 9.56. The van der Waals surface area contributed by atoms with Gasteiger partial charge in [-0.15, -0.1) is 0 Å². The molecule has 0 spiro atoms. The fourth-order valence-corrected chi connectivity index (χ4v) is 4.05. The predicted molar refractivity (Wildman–Crippen MR) is 114 cm³/mol. The number of aliphatic hydroxyl groups excluding tert-OH is 1. The first-order chi connectivity index (χ1) is 14.6. The van der Waals surface area contributed by atoms with E-state index in [2.05, 4.69) is 6.58 Å². The summed E-state index contributed by atoms with van der Waals surface area (Å²) in [6, 6.07) is 17.4. The minimum atomic E-state index is -0.691. The van der Waals surface area contributed by atoms with Gasteiger partial charge in [0.25, 0.3) is 0 Å². The van der Waals surface area contributed by atoms with Crippen molar-refractivity contribution in [2.45, 2.75) is 44.2 Å². The summed E-state index contributed by atoms with van der Waals surface area (Å²) in [6.07, 6.45) is 1.95. The highest BCUT2D eigenvalue weighted by atomic mass is 16.7. The molecule has 1 saturated heterocycles. The third kappa shape index (κ3) is 4.81. The second-order valence-corrected chi connectivity index (χ2v) is 7.95. The van der Waals surface area contributed by atoms with Crippen molar-refractivity contribution in [3.8, 4) is 11.1 Å². The van der Waals surface area contributed by atoms with Crippen LogP contribution in [0, 0.1) is 5.92 Å². The first-order valence-corrected chi connectivity index (χ1v) is 10.6. The van der Waals surface area contributed by atoms with Crippen molar-refractivity contribution in [1.82, 2.24) is 0 Å². The zero-order chi connectivity index (χ0) is 20.9. The standard InChI is InChI=1S/C25H28O5/c1-17-21(16-29-24-9-5-6-14-28-24)23(15-22(17)26)30-25(27)20-12-10-19(11-13-20)18-7-3-2-4-8-18/h2-4,7-8,10-13,21-24,26H,1,5-6,9,14-16H2/t21-,22+,23-,24?/m0/s1. The SMILES string of the molecule is C=C1[C@H](O)C[C@H](OC(=O)c2ccc(-c3ccccc3)cc2)[C@H]1COC1CCCCO1. The highest BCUT2D eigenvalue weighted by Crippen LogP contribution is 2.34.